The monoisotopic (exact) mass is 613 g/mol. The van der Waals surface area contributed by atoms with Gasteiger partial charge in [0, 0.05) is 20.6 Å². The molecule has 2 heteroatoms. The van der Waals surface area contributed by atoms with Crippen LogP contribution in [0.2, 0.25) is 0 Å². The van der Waals surface area contributed by atoms with E-state index in [0.717, 1.165) is 21.7 Å². The minimum Gasteiger partial charge on any atom is -0.253 e. The lowest BCUT2D eigenvalue weighted by Crippen LogP contribution is -2.27. The van der Waals surface area contributed by atoms with Crippen molar-refractivity contribution in [2.45, 2.75) is 70.1 Å². The SMILES string of the molecule is CCC(I)CCc1ccc(C(C)(c2ccc(C)cc2)c2ccccc2C(C)=Nc2ccc(C)cc2C)cc1. The molecule has 0 N–H and O–H groups in total. The molecule has 0 aliphatic carbocycles. The summed E-state index contributed by atoms with van der Waals surface area (Å²) in [7, 11) is 0. The summed E-state index contributed by atoms with van der Waals surface area (Å²) in [4.78, 5) is 5.12. The van der Waals surface area contributed by atoms with Crippen LogP contribution in [0.4, 0.5) is 5.69 Å². The Labute approximate surface area is 243 Å². The highest BCUT2D eigenvalue weighted by Gasteiger charge is 2.33. The van der Waals surface area contributed by atoms with Gasteiger partial charge in [-0.15, -0.1) is 0 Å². The van der Waals surface area contributed by atoms with Crippen molar-refractivity contribution in [3.63, 3.8) is 0 Å². The summed E-state index contributed by atoms with van der Waals surface area (Å²) < 4.78 is 0.733. The van der Waals surface area contributed by atoms with E-state index in [1.165, 1.54) is 57.3 Å². The maximum absolute atomic E-state index is 5.12. The summed E-state index contributed by atoms with van der Waals surface area (Å²) in [6.45, 7) is 13.2. The number of nitrogens with zero attached hydrogens (tertiary/aromatic N) is 1. The fraction of sp³-hybridized carbons (Fsp3) is 0.306. The Morgan fingerprint density at radius 2 is 1.42 bits per heavy atom. The third kappa shape index (κ3) is 6.29. The van der Waals surface area contributed by atoms with E-state index >= 15 is 0 Å². The fourth-order valence-electron chi connectivity index (χ4n) is 5.30. The summed E-state index contributed by atoms with van der Waals surface area (Å²) in [5.74, 6) is 0. The molecule has 1 nitrogen and oxygen atoms in total. The molecule has 0 radical (unpaired) electrons. The predicted octanol–water partition coefficient (Wildman–Crippen LogP) is 10.3. The van der Waals surface area contributed by atoms with Gasteiger partial charge in [-0.1, -0.05) is 126 Å². The van der Waals surface area contributed by atoms with Crippen LogP contribution in [0, 0.1) is 20.8 Å². The van der Waals surface area contributed by atoms with Gasteiger partial charge in [0.15, 0.2) is 0 Å². The van der Waals surface area contributed by atoms with Gasteiger partial charge in [0.25, 0.3) is 0 Å². The van der Waals surface area contributed by atoms with Crippen molar-refractivity contribution in [1.82, 2.24) is 0 Å². The van der Waals surface area contributed by atoms with Crippen molar-refractivity contribution in [2.24, 2.45) is 4.99 Å². The van der Waals surface area contributed by atoms with E-state index < -0.39 is 0 Å². The highest BCUT2D eigenvalue weighted by molar-refractivity contribution is 14.1. The molecule has 0 saturated heterocycles. The van der Waals surface area contributed by atoms with Crippen LogP contribution in [0.1, 0.15) is 78.1 Å². The molecule has 0 heterocycles. The minimum atomic E-state index is -0.322. The Morgan fingerprint density at radius 3 is 2.05 bits per heavy atom. The normalized spacial score (nSPS) is 14.2. The summed E-state index contributed by atoms with van der Waals surface area (Å²) in [6.07, 6.45) is 3.58. The number of benzene rings is 4. The number of hydrogen-bond donors (Lipinski definition) is 0. The molecule has 0 aliphatic rings. The lowest BCUT2D eigenvalue weighted by atomic mass is 9.69. The third-order valence-corrected chi connectivity index (χ3v) is 9.35. The van der Waals surface area contributed by atoms with Gasteiger partial charge in [-0.2, -0.15) is 0 Å². The van der Waals surface area contributed by atoms with Crippen LogP contribution in [0.25, 0.3) is 0 Å². The van der Waals surface area contributed by atoms with E-state index in [2.05, 4.69) is 155 Å². The first kappa shape index (κ1) is 28.3. The van der Waals surface area contributed by atoms with Gasteiger partial charge in [-0.05, 0) is 87.8 Å². The number of alkyl halides is 1. The number of hydrogen-bond acceptors (Lipinski definition) is 1. The van der Waals surface area contributed by atoms with Crippen molar-refractivity contribution >= 4 is 34.0 Å². The quantitative estimate of drug-likeness (QED) is 0.0771. The van der Waals surface area contributed by atoms with Gasteiger partial charge < -0.3 is 0 Å². The van der Waals surface area contributed by atoms with Crippen LogP contribution in [0.3, 0.4) is 0 Å². The van der Waals surface area contributed by atoms with Gasteiger partial charge in [-0.25, -0.2) is 0 Å². The van der Waals surface area contributed by atoms with Crippen LogP contribution in [0.15, 0.2) is 96.0 Å². The van der Waals surface area contributed by atoms with Gasteiger partial charge in [0.1, 0.15) is 0 Å². The minimum absolute atomic E-state index is 0.322. The summed E-state index contributed by atoms with van der Waals surface area (Å²) in [6, 6.07) is 33.7. The average Bonchev–Trinajstić information content (AvgIpc) is 2.93. The van der Waals surface area contributed by atoms with E-state index in [1.807, 2.05) is 0 Å². The molecule has 4 aromatic carbocycles. The fourth-order valence-corrected chi connectivity index (χ4v) is 5.61. The Bertz CT molecular complexity index is 1400. The number of aryl methyl sites for hydroxylation is 4. The zero-order chi connectivity index (χ0) is 27.3. The lowest BCUT2D eigenvalue weighted by molar-refractivity contribution is 0.689. The largest absolute Gasteiger partial charge is 0.253 e. The highest BCUT2D eigenvalue weighted by atomic mass is 127. The molecule has 4 rings (SSSR count). The Hall–Kier alpha value is -2.72. The van der Waals surface area contributed by atoms with Crippen LogP contribution in [-0.2, 0) is 11.8 Å². The van der Waals surface area contributed by atoms with Gasteiger partial charge in [-0.3, -0.25) is 4.99 Å². The molecule has 0 amide bonds. The lowest BCUT2D eigenvalue weighted by Gasteiger charge is -2.34. The molecule has 0 spiro atoms. The highest BCUT2D eigenvalue weighted by Crippen LogP contribution is 2.41. The van der Waals surface area contributed by atoms with Crippen LogP contribution in [-0.4, -0.2) is 9.64 Å². The molecule has 2 atom stereocenters. The zero-order valence-corrected chi connectivity index (χ0v) is 25.8. The molecule has 4 aromatic rings. The smallest absolute Gasteiger partial charge is 0.0662 e. The molecule has 0 aromatic heterocycles. The summed E-state index contributed by atoms with van der Waals surface area (Å²) in [5.41, 5.74) is 12.0. The van der Waals surface area contributed by atoms with E-state index in [1.54, 1.807) is 0 Å². The molecule has 0 aliphatic heterocycles. The Kier molecular flexibility index (Phi) is 9.25. The topological polar surface area (TPSA) is 12.4 Å². The number of aliphatic imine (C=N–C) groups is 1. The van der Waals surface area contributed by atoms with Crippen molar-refractivity contribution < 1.29 is 0 Å². The van der Waals surface area contributed by atoms with Crippen molar-refractivity contribution in [3.8, 4) is 0 Å². The van der Waals surface area contributed by atoms with Crippen molar-refractivity contribution in [1.29, 1.82) is 0 Å². The first-order valence-electron chi connectivity index (χ1n) is 13.8. The summed E-state index contributed by atoms with van der Waals surface area (Å²) in [5, 5.41) is 0. The second-order valence-electron chi connectivity index (χ2n) is 10.8. The number of halogens is 1. The second kappa shape index (κ2) is 12.4. The zero-order valence-electron chi connectivity index (χ0n) is 23.7. The van der Waals surface area contributed by atoms with Crippen LogP contribution < -0.4 is 0 Å². The molecular weight excluding hydrogens is 573 g/mol. The van der Waals surface area contributed by atoms with Crippen molar-refractivity contribution in [2.75, 3.05) is 0 Å². The van der Waals surface area contributed by atoms with E-state index in [9.17, 15) is 0 Å². The molecule has 2 unspecified atom stereocenters. The molecule has 0 saturated carbocycles. The Morgan fingerprint density at radius 1 is 0.816 bits per heavy atom. The van der Waals surface area contributed by atoms with Gasteiger partial charge in [0.2, 0.25) is 0 Å². The van der Waals surface area contributed by atoms with Gasteiger partial charge in [0.05, 0.1) is 5.69 Å². The number of rotatable bonds is 9. The second-order valence-corrected chi connectivity index (χ2v) is 12.5. The molecule has 0 bridgehead atoms. The molecular formula is C36H40IN. The summed E-state index contributed by atoms with van der Waals surface area (Å²) >= 11 is 2.58. The predicted molar refractivity (Wildman–Crippen MR) is 174 cm³/mol. The standard InChI is InChI=1S/C36H40IN/c1-7-32(37)22-17-29-15-20-31(21-16-29)36(6,30-18-12-25(2)13-19-30)34-11-9-8-10-33(34)28(5)38-35-23-14-26(3)24-27(35)4/h8-16,18-21,23-24,32H,7,17,22H2,1-6H3. The maximum Gasteiger partial charge on any atom is 0.0662 e. The van der Waals surface area contributed by atoms with E-state index in [4.69, 9.17) is 4.99 Å². The Balaban J connectivity index is 1.83. The molecule has 0 fully saturated rings. The van der Waals surface area contributed by atoms with Crippen molar-refractivity contribution in [3.05, 3.63) is 136 Å². The first-order valence-corrected chi connectivity index (χ1v) is 15.0. The average molecular weight is 614 g/mol. The maximum atomic E-state index is 5.12. The molecule has 38 heavy (non-hydrogen) atoms. The first-order chi connectivity index (χ1) is 18.2. The van der Waals surface area contributed by atoms with E-state index in [-0.39, 0.29) is 5.41 Å². The molecule has 196 valence electrons. The van der Waals surface area contributed by atoms with Crippen LogP contribution >= 0.6 is 22.6 Å². The van der Waals surface area contributed by atoms with E-state index in [0.29, 0.717) is 0 Å². The van der Waals surface area contributed by atoms with Crippen LogP contribution in [0.5, 0.6) is 0 Å². The third-order valence-electron chi connectivity index (χ3n) is 7.85. The van der Waals surface area contributed by atoms with Gasteiger partial charge >= 0.3 is 0 Å².